The Kier molecular flexibility index (Phi) is 5.94. The molecule has 0 atom stereocenters. The second kappa shape index (κ2) is 8.37. The van der Waals surface area contributed by atoms with Gasteiger partial charge in [0.1, 0.15) is 0 Å². The molecular formula is C21H23ClN2O2. The van der Waals surface area contributed by atoms with Crippen molar-refractivity contribution in [3.8, 4) is 0 Å². The third-order valence-electron chi connectivity index (χ3n) is 4.66. The maximum atomic E-state index is 12.6. The third kappa shape index (κ3) is 4.64. The monoisotopic (exact) mass is 370 g/mol. The fraction of sp³-hybridized carbons (Fsp3) is 0.333. The average molecular weight is 371 g/mol. The van der Waals surface area contributed by atoms with Crippen molar-refractivity contribution >= 4 is 23.4 Å². The van der Waals surface area contributed by atoms with Crippen molar-refractivity contribution in [3.05, 3.63) is 70.2 Å². The van der Waals surface area contributed by atoms with Gasteiger partial charge in [0.15, 0.2) is 0 Å². The quantitative estimate of drug-likeness (QED) is 0.828. The van der Waals surface area contributed by atoms with Gasteiger partial charge in [-0.3, -0.25) is 9.59 Å². The maximum Gasteiger partial charge on any atom is 0.253 e. The number of hydrogen-bond acceptors (Lipinski definition) is 2. The van der Waals surface area contributed by atoms with Gasteiger partial charge < -0.3 is 9.80 Å². The molecule has 0 aliphatic carbocycles. The van der Waals surface area contributed by atoms with Crippen LogP contribution in [0.15, 0.2) is 48.5 Å². The fourth-order valence-corrected chi connectivity index (χ4v) is 3.38. The predicted octanol–water partition coefficient (Wildman–Crippen LogP) is 3.57. The zero-order valence-corrected chi connectivity index (χ0v) is 15.7. The number of aryl methyl sites for hydroxylation is 1. The topological polar surface area (TPSA) is 40.6 Å². The van der Waals surface area contributed by atoms with Crippen molar-refractivity contribution in [1.29, 1.82) is 0 Å². The number of amides is 2. The molecule has 0 spiro atoms. The Bertz CT molecular complexity index is 789. The minimum absolute atomic E-state index is 0.00495. The van der Waals surface area contributed by atoms with Gasteiger partial charge >= 0.3 is 0 Å². The summed E-state index contributed by atoms with van der Waals surface area (Å²) in [5.41, 5.74) is 2.83. The van der Waals surface area contributed by atoms with E-state index in [-0.39, 0.29) is 11.8 Å². The molecule has 1 aliphatic rings. The van der Waals surface area contributed by atoms with Crippen LogP contribution in [-0.2, 0) is 11.2 Å². The molecule has 2 aromatic rings. The van der Waals surface area contributed by atoms with Crippen LogP contribution in [-0.4, -0.2) is 47.8 Å². The highest BCUT2D eigenvalue weighted by Crippen LogP contribution is 2.14. The first-order valence-electron chi connectivity index (χ1n) is 8.91. The molecule has 0 bridgehead atoms. The van der Waals surface area contributed by atoms with Crippen LogP contribution in [0.5, 0.6) is 0 Å². The average Bonchev–Trinajstić information content (AvgIpc) is 2.88. The number of carbonyl (C=O) groups is 2. The molecule has 5 heteroatoms. The van der Waals surface area contributed by atoms with Gasteiger partial charge in [-0.05, 0) is 43.2 Å². The van der Waals surface area contributed by atoms with Gasteiger partial charge in [0, 0.05) is 36.8 Å². The standard InChI is InChI=1S/C21H23ClN2O2/c1-16-4-2-5-17(14-16)15-20(25)23-10-3-11-24(13-12-23)21(26)18-6-8-19(22)9-7-18/h2,4-9,14H,3,10-13,15H2,1H3. The summed E-state index contributed by atoms with van der Waals surface area (Å²) in [7, 11) is 0. The summed E-state index contributed by atoms with van der Waals surface area (Å²) in [6.07, 6.45) is 1.20. The molecule has 26 heavy (non-hydrogen) atoms. The summed E-state index contributed by atoms with van der Waals surface area (Å²) < 4.78 is 0. The van der Waals surface area contributed by atoms with E-state index >= 15 is 0 Å². The Morgan fingerprint density at radius 3 is 2.38 bits per heavy atom. The van der Waals surface area contributed by atoms with Gasteiger partial charge in [-0.25, -0.2) is 0 Å². The van der Waals surface area contributed by atoms with Crippen LogP contribution in [0.4, 0.5) is 0 Å². The van der Waals surface area contributed by atoms with Crippen LogP contribution in [0.3, 0.4) is 0 Å². The highest BCUT2D eigenvalue weighted by Gasteiger charge is 2.22. The number of benzene rings is 2. The second-order valence-electron chi connectivity index (χ2n) is 6.70. The molecule has 1 aliphatic heterocycles. The lowest BCUT2D eigenvalue weighted by Gasteiger charge is -2.22. The van der Waals surface area contributed by atoms with Crippen molar-refractivity contribution in [3.63, 3.8) is 0 Å². The minimum Gasteiger partial charge on any atom is -0.341 e. The number of hydrogen-bond donors (Lipinski definition) is 0. The van der Waals surface area contributed by atoms with E-state index in [1.54, 1.807) is 24.3 Å². The van der Waals surface area contributed by atoms with E-state index in [2.05, 4.69) is 0 Å². The summed E-state index contributed by atoms with van der Waals surface area (Å²) in [5, 5.41) is 0.616. The number of carbonyl (C=O) groups excluding carboxylic acids is 2. The Labute approximate surface area is 159 Å². The number of rotatable bonds is 3. The van der Waals surface area contributed by atoms with Crippen LogP contribution < -0.4 is 0 Å². The zero-order chi connectivity index (χ0) is 18.5. The van der Waals surface area contributed by atoms with E-state index < -0.39 is 0 Å². The first-order valence-corrected chi connectivity index (χ1v) is 9.29. The molecule has 136 valence electrons. The Balaban J connectivity index is 1.59. The van der Waals surface area contributed by atoms with Crippen LogP contribution >= 0.6 is 11.6 Å². The van der Waals surface area contributed by atoms with Crippen LogP contribution in [0.2, 0.25) is 5.02 Å². The van der Waals surface area contributed by atoms with E-state index in [9.17, 15) is 9.59 Å². The van der Waals surface area contributed by atoms with Crippen LogP contribution in [0, 0.1) is 6.92 Å². The normalized spacial score (nSPS) is 14.8. The fourth-order valence-electron chi connectivity index (χ4n) is 3.25. The van der Waals surface area contributed by atoms with Gasteiger partial charge in [0.2, 0.25) is 5.91 Å². The van der Waals surface area contributed by atoms with Gasteiger partial charge in [0.05, 0.1) is 6.42 Å². The molecule has 0 unspecified atom stereocenters. The zero-order valence-electron chi connectivity index (χ0n) is 15.0. The molecule has 0 aromatic heterocycles. The van der Waals surface area contributed by atoms with E-state index in [4.69, 9.17) is 11.6 Å². The van der Waals surface area contributed by atoms with Gasteiger partial charge in [-0.2, -0.15) is 0 Å². The maximum absolute atomic E-state index is 12.6. The minimum atomic E-state index is -0.00495. The number of nitrogens with zero attached hydrogens (tertiary/aromatic N) is 2. The van der Waals surface area contributed by atoms with E-state index in [1.165, 1.54) is 0 Å². The molecule has 0 saturated carbocycles. The lowest BCUT2D eigenvalue weighted by molar-refractivity contribution is -0.130. The van der Waals surface area contributed by atoms with Crippen LogP contribution in [0.1, 0.15) is 27.9 Å². The molecule has 1 heterocycles. The molecule has 0 N–H and O–H groups in total. The Hall–Kier alpha value is -2.33. The molecule has 1 saturated heterocycles. The summed E-state index contributed by atoms with van der Waals surface area (Å²) in [4.78, 5) is 29.0. The Morgan fingerprint density at radius 1 is 0.962 bits per heavy atom. The number of halogens is 1. The lowest BCUT2D eigenvalue weighted by Crippen LogP contribution is -2.38. The van der Waals surface area contributed by atoms with E-state index in [0.29, 0.717) is 43.2 Å². The smallest absolute Gasteiger partial charge is 0.253 e. The summed E-state index contributed by atoms with van der Waals surface area (Å²) in [6, 6.07) is 15.0. The first kappa shape index (κ1) is 18.5. The highest BCUT2D eigenvalue weighted by molar-refractivity contribution is 6.30. The van der Waals surface area contributed by atoms with Gasteiger partial charge in [-0.1, -0.05) is 41.4 Å². The van der Waals surface area contributed by atoms with Gasteiger partial charge in [0.25, 0.3) is 5.91 Å². The Morgan fingerprint density at radius 2 is 1.65 bits per heavy atom. The molecular weight excluding hydrogens is 348 g/mol. The van der Waals surface area contributed by atoms with Crippen molar-refractivity contribution in [2.24, 2.45) is 0 Å². The molecule has 0 radical (unpaired) electrons. The summed E-state index contributed by atoms with van der Waals surface area (Å²) >= 11 is 5.89. The van der Waals surface area contributed by atoms with Crippen molar-refractivity contribution in [2.45, 2.75) is 19.8 Å². The molecule has 4 nitrogen and oxygen atoms in total. The molecule has 1 fully saturated rings. The highest BCUT2D eigenvalue weighted by atomic mass is 35.5. The summed E-state index contributed by atoms with van der Waals surface area (Å²) in [6.45, 7) is 4.51. The molecule has 2 aromatic carbocycles. The first-order chi connectivity index (χ1) is 12.5. The van der Waals surface area contributed by atoms with Crippen LogP contribution in [0.25, 0.3) is 0 Å². The lowest BCUT2D eigenvalue weighted by atomic mass is 10.1. The van der Waals surface area contributed by atoms with Crippen molar-refractivity contribution < 1.29 is 9.59 Å². The summed E-state index contributed by atoms with van der Waals surface area (Å²) in [5.74, 6) is 0.117. The van der Waals surface area contributed by atoms with Gasteiger partial charge in [-0.15, -0.1) is 0 Å². The molecule has 2 amide bonds. The SMILES string of the molecule is Cc1cccc(CC(=O)N2CCCN(C(=O)c3ccc(Cl)cc3)CC2)c1. The van der Waals surface area contributed by atoms with Crippen molar-refractivity contribution in [1.82, 2.24) is 9.80 Å². The second-order valence-corrected chi connectivity index (χ2v) is 7.14. The van der Waals surface area contributed by atoms with Crippen molar-refractivity contribution in [2.75, 3.05) is 26.2 Å². The third-order valence-corrected chi connectivity index (χ3v) is 4.92. The van der Waals surface area contributed by atoms with E-state index in [1.807, 2.05) is 41.0 Å². The predicted molar refractivity (Wildman–Crippen MR) is 103 cm³/mol. The largest absolute Gasteiger partial charge is 0.341 e. The van der Waals surface area contributed by atoms with E-state index in [0.717, 1.165) is 17.5 Å². The molecule has 3 rings (SSSR count).